The third-order valence-corrected chi connectivity index (χ3v) is 6.11. The molecule has 1 aromatic heterocycles. The molecule has 4 nitrogen and oxygen atoms in total. The van der Waals surface area contributed by atoms with Crippen LogP contribution < -0.4 is 10.6 Å². The van der Waals surface area contributed by atoms with Crippen molar-refractivity contribution >= 4 is 39.6 Å². The maximum absolute atomic E-state index is 11.9. The number of thiocarbonyl (C=S) groups is 1. The Balaban J connectivity index is 1.90. The number of hydrogen-bond acceptors (Lipinski definition) is 4. The highest BCUT2D eigenvalue weighted by Crippen LogP contribution is 2.28. The summed E-state index contributed by atoms with van der Waals surface area (Å²) in [5, 5.41) is 8.08. The summed E-state index contributed by atoms with van der Waals surface area (Å²) in [5.74, 6) is -0.328. The van der Waals surface area contributed by atoms with Crippen LogP contribution in [0.15, 0.2) is 6.07 Å². The lowest BCUT2D eigenvalue weighted by molar-refractivity contribution is 0.0602. The Bertz CT molecular complexity index is 574. The Kier molecular flexibility index (Phi) is 9.40. The monoisotopic (exact) mass is 396 g/mol. The Labute approximate surface area is 167 Å². The largest absolute Gasteiger partial charge is 0.465 e. The standard InChI is InChI=1S/C20H32N2O2S2/c1-15-14-17(19(23)24-2)18(26-15)22-20(25)21-16-12-10-8-6-4-3-5-7-9-11-13-16/h14,16H,3-13H2,1-2H3,(H2,21,22,25). The number of methoxy groups -OCH3 is 1. The first-order chi connectivity index (χ1) is 12.6. The van der Waals surface area contributed by atoms with Gasteiger partial charge in [0, 0.05) is 10.9 Å². The average molecular weight is 397 g/mol. The van der Waals surface area contributed by atoms with Gasteiger partial charge in [-0.2, -0.15) is 0 Å². The number of aryl methyl sites for hydroxylation is 1. The van der Waals surface area contributed by atoms with Crippen LogP contribution in [-0.2, 0) is 4.74 Å². The summed E-state index contributed by atoms with van der Waals surface area (Å²) in [6.45, 7) is 1.98. The lowest BCUT2D eigenvalue weighted by atomic mass is 9.98. The first-order valence-electron chi connectivity index (χ1n) is 9.86. The highest BCUT2D eigenvalue weighted by atomic mass is 32.1. The molecule has 2 rings (SSSR count). The van der Waals surface area contributed by atoms with Crippen molar-refractivity contribution in [1.82, 2.24) is 5.32 Å². The van der Waals surface area contributed by atoms with E-state index in [0.717, 1.165) is 22.7 Å². The smallest absolute Gasteiger partial charge is 0.340 e. The van der Waals surface area contributed by atoms with E-state index in [0.29, 0.717) is 16.7 Å². The number of carbonyl (C=O) groups excluding carboxylic acids is 1. The molecule has 0 aromatic carbocycles. The summed E-state index contributed by atoms with van der Waals surface area (Å²) in [7, 11) is 1.40. The zero-order valence-corrected chi connectivity index (χ0v) is 17.7. The van der Waals surface area contributed by atoms with Gasteiger partial charge in [-0.25, -0.2) is 4.79 Å². The van der Waals surface area contributed by atoms with Crippen molar-refractivity contribution < 1.29 is 9.53 Å². The molecule has 1 aliphatic rings. The summed E-state index contributed by atoms with van der Waals surface area (Å²) < 4.78 is 4.86. The zero-order chi connectivity index (χ0) is 18.8. The van der Waals surface area contributed by atoms with E-state index in [2.05, 4.69) is 10.6 Å². The lowest BCUT2D eigenvalue weighted by Gasteiger charge is -2.21. The number of hydrogen-bond donors (Lipinski definition) is 2. The molecular formula is C20H32N2O2S2. The van der Waals surface area contributed by atoms with Crippen LogP contribution in [0.5, 0.6) is 0 Å². The third-order valence-electron chi connectivity index (χ3n) is 4.93. The molecule has 0 spiro atoms. The van der Waals surface area contributed by atoms with Gasteiger partial charge in [-0.05, 0) is 38.0 Å². The summed E-state index contributed by atoms with van der Waals surface area (Å²) >= 11 is 7.06. The fraction of sp³-hybridized carbons (Fsp3) is 0.700. The van der Waals surface area contributed by atoms with E-state index in [1.54, 1.807) is 0 Å². The van der Waals surface area contributed by atoms with Gasteiger partial charge in [0.2, 0.25) is 0 Å². The van der Waals surface area contributed by atoms with Crippen LogP contribution in [0.3, 0.4) is 0 Å². The Morgan fingerprint density at radius 1 is 1.08 bits per heavy atom. The number of carbonyl (C=O) groups is 1. The predicted molar refractivity (Wildman–Crippen MR) is 114 cm³/mol. The highest BCUT2D eigenvalue weighted by molar-refractivity contribution is 7.80. The maximum Gasteiger partial charge on any atom is 0.340 e. The van der Waals surface area contributed by atoms with Crippen molar-refractivity contribution in [3.8, 4) is 0 Å². The Morgan fingerprint density at radius 3 is 2.15 bits per heavy atom. The molecule has 26 heavy (non-hydrogen) atoms. The number of esters is 1. The molecule has 0 radical (unpaired) electrons. The molecule has 0 atom stereocenters. The molecule has 6 heteroatoms. The van der Waals surface area contributed by atoms with Gasteiger partial charge in [0.25, 0.3) is 0 Å². The van der Waals surface area contributed by atoms with Gasteiger partial charge in [0.15, 0.2) is 5.11 Å². The number of thiophene rings is 1. The van der Waals surface area contributed by atoms with Gasteiger partial charge in [-0.1, -0.05) is 57.8 Å². The van der Waals surface area contributed by atoms with Gasteiger partial charge < -0.3 is 15.4 Å². The van der Waals surface area contributed by atoms with E-state index in [1.807, 2.05) is 13.0 Å². The van der Waals surface area contributed by atoms with Gasteiger partial charge in [0.05, 0.1) is 12.7 Å². The van der Waals surface area contributed by atoms with E-state index >= 15 is 0 Å². The predicted octanol–water partition coefficient (Wildman–Crippen LogP) is 5.80. The quantitative estimate of drug-likeness (QED) is 0.499. The van der Waals surface area contributed by atoms with Crippen LogP contribution in [-0.4, -0.2) is 24.2 Å². The minimum absolute atomic E-state index is 0.328. The van der Waals surface area contributed by atoms with Gasteiger partial charge >= 0.3 is 5.97 Å². The molecule has 1 fully saturated rings. The fourth-order valence-corrected chi connectivity index (χ4v) is 4.74. The number of nitrogens with one attached hydrogen (secondary N) is 2. The molecule has 2 N–H and O–H groups in total. The minimum atomic E-state index is -0.328. The molecule has 1 saturated carbocycles. The first-order valence-corrected chi connectivity index (χ1v) is 11.1. The van der Waals surface area contributed by atoms with E-state index in [1.165, 1.54) is 76.2 Å². The van der Waals surface area contributed by atoms with E-state index in [9.17, 15) is 4.79 Å². The Hall–Kier alpha value is -1.14. The van der Waals surface area contributed by atoms with Crippen LogP contribution in [0.2, 0.25) is 0 Å². The average Bonchev–Trinajstić information content (AvgIpc) is 2.96. The number of anilines is 1. The molecule has 0 aliphatic heterocycles. The molecule has 1 aromatic rings. The molecule has 0 saturated heterocycles. The van der Waals surface area contributed by atoms with E-state index in [-0.39, 0.29) is 5.97 Å². The number of ether oxygens (including phenoxy) is 1. The molecule has 0 unspecified atom stereocenters. The first kappa shape index (κ1) is 21.2. The molecular weight excluding hydrogens is 364 g/mol. The molecule has 1 aliphatic carbocycles. The number of rotatable bonds is 3. The van der Waals surface area contributed by atoms with Crippen molar-refractivity contribution in [2.45, 2.75) is 83.6 Å². The van der Waals surface area contributed by atoms with Crippen LogP contribution >= 0.6 is 23.6 Å². The van der Waals surface area contributed by atoms with Gasteiger partial charge in [0.1, 0.15) is 5.00 Å². The Morgan fingerprint density at radius 2 is 1.62 bits per heavy atom. The van der Waals surface area contributed by atoms with Crippen molar-refractivity contribution in [2.24, 2.45) is 0 Å². The lowest BCUT2D eigenvalue weighted by Crippen LogP contribution is -2.38. The highest BCUT2D eigenvalue weighted by Gasteiger charge is 2.17. The summed E-state index contributed by atoms with van der Waals surface area (Å²) in [5.41, 5.74) is 0.554. The fourth-order valence-electron chi connectivity index (χ4n) is 3.50. The van der Waals surface area contributed by atoms with Crippen LogP contribution in [0, 0.1) is 6.92 Å². The molecule has 146 valence electrons. The molecule has 0 amide bonds. The van der Waals surface area contributed by atoms with Crippen molar-refractivity contribution in [1.29, 1.82) is 0 Å². The van der Waals surface area contributed by atoms with Crippen molar-refractivity contribution in [3.63, 3.8) is 0 Å². The van der Waals surface area contributed by atoms with E-state index in [4.69, 9.17) is 17.0 Å². The van der Waals surface area contributed by atoms with Crippen molar-refractivity contribution in [3.05, 3.63) is 16.5 Å². The maximum atomic E-state index is 11.9. The second-order valence-electron chi connectivity index (χ2n) is 7.15. The normalized spacial score (nSPS) is 17.6. The second kappa shape index (κ2) is 11.5. The van der Waals surface area contributed by atoms with Crippen LogP contribution in [0.1, 0.15) is 85.9 Å². The zero-order valence-electron chi connectivity index (χ0n) is 16.1. The van der Waals surface area contributed by atoms with Gasteiger partial charge in [-0.3, -0.25) is 0 Å². The topological polar surface area (TPSA) is 50.4 Å². The second-order valence-corrected chi connectivity index (χ2v) is 8.81. The molecule has 0 bridgehead atoms. The van der Waals surface area contributed by atoms with E-state index < -0.39 is 0 Å². The molecule has 1 heterocycles. The third kappa shape index (κ3) is 7.23. The van der Waals surface area contributed by atoms with Crippen LogP contribution in [0.4, 0.5) is 5.00 Å². The van der Waals surface area contributed by atoms with Crippen molar-refractivity contribution in [2.75, 3.05) is 12.4 Å². The SMILES string of the molecule is COC(=O)c1cc(C)sc1NC(=S)NC1CCCCCCCCCCC1. The summed E-state index contributed by atoms with van der Waals surface area (Å²) in [6.07, 6.45) is 14.3. The summed E-state index contributed by atoms with van der Waals surface area (Å²) in [6, 6.07) is 2.26. The van der Waals surface area contributed by atoms with Crippen LogP contribution in [0.25, 0.3) is 0 Å². The minimum Gasteiger partial charge on any atom is -0.465 e. The summed E-state index contributed by atoms with van der Waals surface area (Å²) in [4.78, 5) is 13.0. The van der Waals surface area contributed by atoms with Gasteiger partial charge in [-0.15, -0.1) is 11.3 Å².